The van der Waals surface area contributed by atoms with Crippen molar-refractivity contribution in [2.45, 2.75) is 70.8 Å². The molecule has 0 aromatic rings. The second-order valence-electron chi connectivity index (χ2n) is 10.2. The van der Waals surface area contributed by atoms with Gasteiger partial charge in [0.2, 0.25) is 5.91 Å². The fourth-order valence-corrected chi connectivity index (χ4v) is 7.26. The van der Waals surface area contributed by atoms with Gasteiger partial charge in [-0.3, -0.25) is 4.79 Å². The van der Waals surface area contributed by atoms with Gasteiger partial charge in [0, 0.05) is 25.9 Å². The number of rotatable bonds is 3. The number of allylic oxidation sites excluding steroid dienone is 2. The molecule has 4 aliphatic carbocycles. The number of likely N-dealkylation sites (tertiary alicyclic amines) is 1. The van der Waals surface area contributed by atoms with Crippen LogP contribution in [-0.2, 0) is 4.79 Å². The lowest BCUT2D eigenvalue weighted by molar-refractivity contribution is -0.129. The van der Waals surface area contributed by atoms with Crippen LogP contribution in [0, 0.1) is 23.2 Å². The van der Waals surface area contributed by atoms with Crippen LogP contribution in [-0.4, -0.2) is 48.4 Å². The fourth-order valence-electron chi connectivity index (χ4n) is 7.26. The maximum Gasteiger partial charge on any atom is 0.219 e. The summed E-state index contributed by atoms with van der Waals surface area (Å²) < 4.78 is 0. The molecule has 5 aliphatic rings. The third-order valence-corrected chi connectivity index (χ3v) is 8.86. The number of amides is 1. The van der Waals surface area contributed by atoms with Crippen LogP contribution in [0.15, 0.2) is 23.3 Å². The SMILES string of the molecule is CC(=O)N(C)[C@H]1CC2(CCN(C[C@H]3C[C@H]4CC[C@@H]3C4)CC2)C2=CCCC=C21. The Balaban J connectivity index is 1.27. The Bertz CT molecular complexity index is 670. The van der Waals surface area contributed by atoms with E-state index < -0.39 is 0 Å². The average molecular weight is 369 g/mol. The highest BCUT2D eigenvalue weighted by atomic mass is 16.2. The van der Waals surface area contributed by atoms with Crippen LogP contribution in [0.25, 0.3) is 0 Å². The van der Waals surface area contributed by atoms with E-state index in [2.05, 4.69) is 17.1 Å². The van der Waals surface area contributed by atoms with Crippen molar-refractivity contribution in [3.63, 3.8) is 0 Å². The smallest absolute Gasteiger partial charge is 0.219 e. The molecule has 3 heteroatoms. The molecule has 1 spiro atoms. The summed E-state index contributed by atoms with van der Waals surface area (Å²) in [5, 5.41) is 0. The maximum absolute atomic E-state index is 12.1. The highest BCUT2D eigenvalue weighted by Gasteiger charge is 2.50. The summed E-state index contributed by atoms with van der Waals surface area (Å²) in [6.45, 7) is 5.59. The zero-order chi connectivity index (χ0) is 18.6. The highest BCUT2D eigenvalue weighted by Crippen LogP contribution is 2.56. The van der Waals surface area contributed by atoms with Crippen molar-refractivity contribution in [2.75, 3.05) is 26.7 Å². The minimum atomic E-state index is 0.205. The molecule has 4 atom stereocenters. The molecule has 5 rings (SSSR count). The van der Waals surface area contributed by atoms with Gasteiger partial charge in [0.05, 0.1) is 6.04 Å². The number of carbonyl (C=O) groups is 1. The summed E-state index contributed by atoms with van der Waals surface area (Å²) in [7, 11) is 2.00. The van der Waals surface area contributed by atoms with E-state index in [1.165, 1.54) is 70.2 Å². The second-order valence-corrected chi connectivity index (χ2v) is 10.2. The lowest BCUT2D eigenvalue weighted by Gasteiger charge is -2.42. The van der Waals surface area contributed by atoms with E-state index in [4.69, 9.17) is 0 Å². The van der Waals surface area contributed by atoms with Gasteiger partial charge in [0.15, 0.2) is 0 Å². The van der Waals surface area contributed by atoms with E-state index >= 15 is 0 Å². The van der Waals surface area contributed by atoms with Crippen LogP contribution in [0.3, 0.4) is 0 Å². The lowest BCUT2D eigenvalue weighted by Crippen LogP contribution is -2.43. The number of piperidine rings is 1. The van der Waals surface area contributed by atoms with Gasteiger partial charge in [-0.25, -0.2) is 0 Å². The van der Waals surface area contributed by atoms with Gasteiger partial charge >= 0.3 is 0 Å². The van der Waals surface area contributed by atoms with Gasteiger partial charge < -0.3 is 9.80 Å². The normalized spacial score (nSPS) is 37.3. The van der Waals surface area contributed by atoms with Gasteiger partial charge in [0.1, 0.15) is 0 Å². The summed E-state index contributed by atoms with van der Waals surface area (Å²) in [4.78, 5) is 16.8. The van der Waals surface area contributed by atoms with E-state index in [0.717, 1.165) is 30.6 Å². The third-order valence-electron chi connectivity index (χ3n) is 8.86. The number of carbonyl (C=O) groups excluding carboxylic acids is 1. The Morgan fingerprint density at radius 3 is 2.63 bits per heavy atom. The van der Waals surface area contributed by atoms with E-state index in [9.17, 15) is 4.79 Å². The predicted octanol–water partition coefficient (Wildman–Crippen LogP) is 4.40. The summed E-state index contributed by atoms with van der Waals surface area (Å²) in [6.07, 6.45) is 17.1. The first-order valence-electron chi connectivity index (χ1n) is 11.4. The molecule has 148 valence electrons. The number of hydrogen-bond donors (Lipinski definition) is 0. The minimum absolute atomic E-state index is 0.205. The standard InChI is InChI=1S/C24H36N2O/c1-17(27)25(2)23-15-24(22-6-4-3-5-21(22)23)9-11-26(12-10-24)16-20-14-18-7-8-19(20)13-18/h5-6,18-20,23H,3-4,7-16H2,1-2H3/t18-,19+,20+,23-/m0/s1. The molecular weight excluding hydrogens is 332 g/mol. The Morgan fingerprint density at radius 2 is 1.96 bits per heavy atom. The lowest BCUT2D eigenvalue weighted by atomic mass is 9.72. The van der Waals surface area contributed by atoms with E-state index in [1.54, 1.807) is 12.5 Å². The Labute approximate surface area is 164 Å². The topological polar surface area (TPSA) is 23.6 Å². The van der Waals surface area contributed by atoms with Crippen molar-refractivity contribution < 1.29 is 4.79 Å². The van der Waals surface area contributed by atoms with Crippen LogP contribution in [0.4, 0.5) is 0 Å². The molecule has 0 radical (unpaired) electrons. The Kier molecular flexibility index (Phi) is 4.50. The molecule has 0 N–H and O–H groups in total. The van der Waals surface area contributed by atoms with Crippen LogP contribution < -0.4 is 0 Å². The summed E-state index contributed by atoms with van der Waals surface area (Å²) >= 11 is 0. The van der Waals surface area contributed by atoms with Gasteiger partial charge in [-0.2, -0.15) is 0 Å². The van der Waals surface area contributed by atoms with Crippen molar-refractivity contribution >= 4 is 5.91 Å². The monoisotopic (exact) mass is 368 g/mol. The van der Waals surface area contributed by atoms with Gasteiger partial charge in [-0.1, -0.05) is 18.6 Å². The van der Waals surface area contributed by atoms with Crippen molar-refractivity contribution in [2.24, 2.45) is 23.2 Å². The molecule has 4 fully saturated rings. The first-order valence-corrected chi connectivity index (χ1v) is 11.4. The van der Waals surface area contributed by atoms with Crippen LogP contribution >= 0.6 is 0 Å². The van der Waals surface area contributed by atoms with Crippen molar-refractivity contribution in [1.82, 2.24) is 9.80 Å². The third kappa shape index (κ3) is 3.01. The second kappa shape index (κ2) is 6.76. The average Bonchev–Trinajstić information content (AvgIpc) is 3.37. The van der Waals surface area contributed by atoms with E-state index in [0.29, 0.717) is 11.5 Å². The summed E-state index contributed by atoms with van der Waals surface area (Å²) in [5.74, 6) is 3.30. The fraction of sp³-hybridized carbons (Fsp3) is 0.792. The minimum Gasteiger partial charge on any atom is -0.339 e. The van der Waals surface area contributed by atoms with Gasteiger partial charge in [-0.05, 0) is 93.4 Å². The molecule has 0 aromatic carbocycles. The first kappa shape index (κ1) is 18.0. The molecule has 3 nitrogen and oxygen atoms in total. The molecular formula is C24H36N2O. The maximum atomic E-state index is 12.1. The van der Waals surface area contributed by atoms with E-state index in [1.807, 2.05) is 11.9 Å². The van der Waals surface area contributed by atoms with Crippen molar-refractivity contribution in [1.29, 1.82) is 0 Å². The van der Waals surface area contributed by atoms with Crippen LogP contribution in [0.1, 0.15) is 64.7 Å². The number of likely N-dealkylation sites (N-methyl/N-ethyl adjacent to an activating group) is 1. The van der Waals surface area contributed by atoms with Crippen molar-refractivity contribution in [3.8, 4) is 0 Å². The first-order chi connectivity index (χ1) is 13.1. The number of fused-ring (bicyclic) bond motifs is 4. The zero-order valence-electron chi connectivity index (χ0n) is 17.3. The number of nitrogens with zero attached hydrogens (tertiary/aromatic N) is 2. The zero-order valence-corrected chi connectivity index (χ0v) is 17.3. The molecule has 1 aliphatic heterocycles. The number of hydrogen-bond acceptors (Lipinski definition) is 2. The van der Waals surface area contributed by atoms with Crippen LogP contribution in [0.2, 0.25) is 0 Å². The molecule has 27 heavy (non-hydrogen) atoms. The molecule has 0 unspecified atom stereocenters. The predicted molar refractivity (Wildman–Crippen MR) is 109 cm³/mol. The van der Waals surface area contributed by atoms with Crippen LogP contribution in [0.5, 0.6) is 0 Å². The van der Waals surface area contributed by atoms with Gasteiger partial charge in [0.25, 0.3) is 0 Å². The van der Waals surface area contributed by atoms with Crippen molar-refractivity contribution in [3.05, 3.63) is 23.3 Å². The molecule has 1 saturated heterocycles. The largest absolute Gasteiger partial charge is 0.339 e. The quantitative estimate of drug-likeness (QED) is 0.737. The highest BCUT2D eigenvalue weighted by molar-refractivity contribution is 5.74. The summed E-state index contributed by atoms with van der Waals surface area (Å²) in [6, 6.07) is 0.311. The molecule has 1 amide bonds. The molecule has 2 bridgehead atoms. The summed E-state index contributed by atoms with van der Waals surface area (Å²) in [5.41, 5.74) is 3.44. The van der Waals surface area contributed by atoms with Gasteiger partial charge in [-0.15, -0.1) is 0 Å². The molecule has 1 heterocycles. The molecule has 3 saturated carbocycles. The Morgan fingerprint density at radius 1 is 1.19 bits per heavy atom. The molecule has 0 aromatic heterocycles. The Hall–Kier alpha value is -1.09. The van der Waals surface area contributed by atoms with E-state index in [-0.39, 0.29) is 5.91 Å².